The van der Waals surface area contributed by atoms with E-state index in [4.69, 9.17) is 14.2 Å². The fourth-order valence-electron chi connectivity index (χ4n) is 3.29. The third kappa shape index (κ3) is 8.65. The maximum atomic E-state index is 12.8. The third-order valence-corrected chi connectivity index (χ3v) is 6.41. The predicted molar refractivity (Wildman–Crippen MR) is 116 cm³/mol. The second-order valence-electron chi connectivity index (χ2n) is 9.15. The molecule has 0 aromatic carbocycles. The van der Waals surface area contributed by atoms with Crippen LogP contribution in [0.15, 0.2) is 0 Å². The van der Waals surface area contributed by atoms with Gasteiger partial charge in [-0.05, 0) is 37.0 Å². The molecule has 0 bridgehead atoms. The number of esters is 3. The van der Waals surface area contributed by atoms with Crippen molar-refractivity contribution in [1.29, 1.82) is 0 Å². The van der Waals surface area contributed by atoms with Crippen LogP contribution in [-0.4, -0.2) is 37.7 Å². The van der Waals surface area contributed by atoms with E-state index in [1.54, 1.807) is 0 Å². The lowest BCUT2D eigenvalue weighted by atomic mass is 9.74. The van der Waals surface area contributed by atoms with Crippen molar-refractivity contribution in [2.75, 3.05) is 19.8 Å². The molecular formula is C24H42O6. The molecule has 6 nitrogen and oxygen atoms in total. The molecule has 0 aromatic heterocycles. The molecule has 1 aliphatic carbocycles. The summed E-state index contributed by atoms with van der Waals surface area (Å²) in [4.78, 5) is 38.1. The van der Waals surface area contributed by atoms with Gasteiger partial charge in [0, 0.05) is 0 Å². The van der Waals surface area contributed by atoms with E-state index in [0.717, 1.165) is 19.3 Å². The van der Waals surface area contributed by atoms with Crippen molar-refractivity contribution in [2.24, 2.45) is 35.5 Å². The van der Waals surface area contributed by atoms with E-state index in [1.807, 2.05) is 34.6 Å². The lowest BCUT2D eigenvalue weighted by Gasteiger charge is -2.33. The first-order valence-corrected chi connectivity index (χ1v) is 11.7. The lowest BCUT2D eigenvalue weighted by Crippen LogP contribution is -2.40. The highest BCUT2D eigenvalue weighted by atomic mass is 16.5. The zero-order valence-electron chi connectivity index (χ0n) is 19.8. The van der Waals surface area contributed by atoms with Gasteiger partial charge in [-0.15, -0.1) is 0 Å². The molecular weight excluding hydrogens is 384 g/mol. The standard InChI is InChI=1S/C24H42O6/c1-7-16(4)13-28-22(25)19-10-11-20(23(26)29-14-17(5)8-2)21(12-19)24(27)30-15-18(6)9-3/h16-21H,7-15H2,1-6H3. The second-order valence-corrected chi connectivity index (χ2v) is 9.15. The highest BCUT2D eigenvalue weighted by Gasteiger charge is 2.43. The highest BCUT2D eigenvalue weighted by Crippen LogP contribution is 2.36. The number of hydrogen-bond acceptors (Lipinski definition) is 6. The number of carbonyl (C=O) groups excluding carboxylic acids is 3. The van der Waals surface area contributed by atoms with Gasteiger partial charge in [-0.25, -0.2) is 0 Å². The van der Waals surface area contributed by atoms with Crippen LogP contribution in [0.4, 0.5) is 0 Å². The summed E-state index contributed by atoms with van der Waals surface area (Å²) in [5, 5.41) is 0. The van der Waals surface area contributed by atoms with Crippen LogP contribution in [0.1, 0.15) is 80.1 Å². The van der Waals surface area contributed by atoms with E-state index < -0.39 is 17.8 Å². The maximum absolute atomic E-state index is 12.8. The molecule has 0 saturated heterocycles. The first-order chi connectivity index (χ1) is 14.2. The van der Waals surface area contributed by atoms with Crippen molar-refractivity contribution in [2.45, 2.75) is 80.1 Å². The van der Waals surface area contributed by atoms with E-state index in [1.165, 1.54) is 0 Å². The molecule has 1 saturated carbocycles. The molecule has 0 radical (unpaired) electrons. The van der Waals surface area contributed by atoms with Crippen molar-refractivity contribution in [3.05, 3.63) is 0 Å². The summed E-state index contributed by atoms with van der Waals surface area (Å²) in [7, 11) is 0. The number of carbonyl (C=O) groups is 3. The van der Waals surface area contributed by atoms with Gasteiger partial charge in [-0.3, -0.25) is 14.4 Å². The van der Waals surface area contributed by atoms with Crippen molar-refractivity contribution < 1.29 is 28.6 Å². The van der Waals surface area contributed by atoms with Crippen LogP contribution >= 0.6 is 0 Å². The Hall–Kier alpha value is -1.59. The van der Waals surface area contributed by atoms with E-state index >= 15 is 0 Å². The Morgan fingerprint density at radius 2 is 1.07 bits per heavy atom. The first kappa shape index (κ1) is 26.4. The van der Waals surface area contributed by atoms with Gasteiger partial charge in [0.15, 0.2) is 0 Å². The highest BCUT2D eigenvalue weighted by molar-refractivity contribution is 5.83. The zero-order valence-corrected chi connectivity index (χ0v) is 19.8. The minimum absolute atomic E-state index is 0.254. The molecule has 1 aliphatic rings. The zero-order chi connectivity index (χ0) is 22.7. The third-order valence-electron chi connectivity index (χ3n) is 6.41. The normalized spacial score (nSPS) is 24.4. The molecule has 6 heteroatoms. The minimum Gasteiger partial charge on any atom is -0.465 e. The van der Waals surface area contributed by atoms with E-state index in [9.17, 15) is 14.4 Å². The largest absolute Gasteiger partial charge is 0.465 e. The monoisotopic (exact) mass is 426 g/mol. The molecule has 174 valence electrons. The Labute approximate surface area is 182 Å². The summed E-state index contributed by atoms with van der Waals surface area (Å²) in [5.74, 6) is -1.80. The number of hydrogen-bond donors (Lipinski definition) is 0. The average Bonchev–Trinajstić information content (AvgIpc) is 2.77. The minimum atomic E-state index is -0.659. The van der Waals surface area contributed by atoms with Crippen molar-refractivity contribution in [3.8, 4) is 0 Å². The molecule has 0 spiro atoms. The van der Waals surface area contributed by atoms with Gasteiger partial charge in [-0.2, -0.15) is 0 Å². The second kappa shape index (κ2) is 13.7. The van der Waals surface area contributed by atoms with Gasteiger partial charge in [0.05, 0.1) is 37.6 Å². The molecule has 30 heavy (non-hydrogen) atoms. The van der Waals surface area contributed by atoms with E-state index in [0.29, 0.717) is 38.6 Å². The van der Waals surface area contributed by atoms with Crippen LogP contribution in [0.2, 0.25) is 0 Å². The van der Waals surface area contributed by atoms with Crippen molar-refractivity contribution in [1.82, 2.24) is 0 Å². The molecule has 1 rings (SSSR count). The number of ether oxygens (including phenoxy) is 3. The van der Waals surface area contributed by atoms with Crippen molar-refractivity contribution >= 4 is 17.9 Å². The van der Waals surface area contributed by atoms with Gasteiger partial charge in [0.2, 0.25) is 0 Å². The molecule has 0 aromatic rings. The van der Waals surface area contributed by atoms with Crippen LogP contribution < -0.4 is 0 Å². The van der Waals surface area contributed by atoms with Gasteiger partial charge in [-0.1, -0.05) is 60.8 Å². The molecule has 0 aliphatic heterocycles. The van der Waals surface area contributed by atoms with Crippen LogP contribution in [-0.2, 0) is 28.6 Å². The van der Waals surface area contributed by atoms with Crippen LogP contribution in [0.3, 0.4) is 0 Å². The molecule has 0 N–H and O–H groups in total. The fraction of sp³-hybridized carbons (Fsp3) is 0.875. The SMILES string of the molecule is CCC(C)COC(=O)C1CCC(C(=O)OCC(C)CC)C(C(=O)OCC(C)CC)C1. The fourth-order valence-corrected chi connectivity index (χ4v) is 3.29. The first-order valence-electron chi connectivity index (χ1n) is 11.7. The quantitative estimate of drug-likeness (QED) is 0.330. The Morgan fingerprint density at radius 3 is 1.50 bits per heavy atom. The van der Waals surface area contributed by atoms with Crippen LogP contribution in [0.25, 0.3) is 0 Å². The van der Waals surface area contributed by atoms with Gasteiger partial charge < -0.3 is 14.2 Å². The van der Waals surface area contributed by atoms with Crippen LogP contribution in [0, 0.1) is 35.5 Å². The summed E-state index contributed by atoms with van der Waals surface area (Å²) < 4.78 is 16.5. The van der Waals surface area contributed by atoms with E-state index in [2.05, 4.69) is 6.92 Å². The summed E-state index contributed by atoms with van der Waals surface area (Å²) in [6.45, 7) is 13.3. The lowest BCUT2D eigenvalue weighted by molar-refractivity contribution is -0.168. The average molecular weight is 427 g/mol. The Morgan fingerprint density at radius 1 is 0.667 bits per heavy atom. The van der Waals surface area contributed by atoms with Crippen LogP contribution in [0.5, 0.6) is 0 Å². The molecule has 6 unspecified atom stereocenters. The Kier molecular flexibility index (Phi) is 12.0. The summed E-state index contributed by atoms with van der Waals surface area (Å²) in [6, 6.07) is 0. The Balaban J connectivity index is 2.81. The summed E-state index contributed by atoms with van der Waals surface area (Å²) in [5.41, 5.74) is 0. The summed E-state index contributed by atoms with van der Waals surface area (Å²) in [6.07, 6.45) is 4.00. The Bertz CT molecular complexity index is 546. The molecule has 6 atom stereocenters. The number of rotatable bonds is 12. The topological polar surface area (TPSA) is 78.9 Å². The molecule has 1 fully saturated rings. The molecule has 0 amide bonds. The van der Waals surface area contributed by atoms with Gasteiger partial charge in [0.25, 0.3) is 0 Å². The van der Waals surface area contributed by atoms with Gasteiger partial charge >= 0.3 is 17.9 Å². The summed E-state index contributed by atoms with van der Waals surface area (Å²) >= 11 is 0. The van der Waals surface area contributed by atoms with E-state index in [-0.39, 0.29) is 36.1 Å². The maximum Gasteiger partial charge on any atom is 0.309 e. The molecule has 0 heterocycles. The smallest absolute Gasteiger partial charge is 0.309 e. The van der Waals surface area contributed by atoms with Crippen molar-refractivity contribution in [3.63, 3.8) is 0 Å². The predicted octanol–water partition coefficient (Wildman–Crippen LogP) is 4.79. The van der Waals surface area contributed by atoms with Gasteiger partial charge in [0.1, 0.15) is 0 Å².